The Labute approximate surface area is 180 Å². The van der Waals surface area contributed by atoms with Crippen LogP contribution >= 0.6 is 0 Å². The van der Waals surface area contributed by atoms with Crippen molar-refractivity contribution >= 4 is 29.3 Å². The molecule has 1 fully saturated rings. The molecule has 0 radical (unpaired) electrons. The van der Waals surface area contributed by atoms with Gasteiger partial charge in [-0.2, -0.15) is 0 Å². The van der Waals surface area contributed by atoms with Crippen LogP contribution in [0.1, 0.15) is 24.0 Å². The molecule has 1 saturated carbocycles. The van der Waals surface area contributed by atoms with Crippen LogP contribution in [0.2, 0.25) is 0 Å². The predicted molar refractivity (Wildman–Crippen MR) is 130 cm³/mol. The summed E-state index contributed by atoms with van der Waals surface area (Å²) >= 11 is 0. The van der Waals surface area contributed by atoms with Gasteiger partial charge in [0.1, 0.15) is 0 Å². The molecule has 0 heterocycles. The topological polar surface area (TPSA) is 23.6 Å². The lowest BCUT2D eigenvalue weighted by Crippen LogP contribution is -2.07. The van der Waals surface area contributed by atoms with Crippen molar-refractivity contribution in [3.8, 4) is 0 Å². The van der Waals surface area contributed by atoms with Crippen LogP contribution in [0.3, 0.4) is 0 Å². The Kier molecular flexibility index (Phi) is 7.08. The van der Waals surface area contributed by atoms with Crippen LogP contribution in [0.4, 0.5) is 11.4 Å². The molecule has 1 aliphatic carbocycles. The fraction of sp³-hybridized carbons (Fsp3) is 0.222. The maximum absolute atomic E-state index is 12.6. The van der Waals surface area contributed by atoms with Gasteiger partial charge in [0, 0.05) is 50.7 Å². The molecule has 2 aromatic rings. The molecule has 0 atom stereocenters. The Bertz CT molecular complexity index is 907. The van der Waals surface area contributed by atoms with Crippen LogP contribution in [-0.2, 0) is 4.79 Å². The summed E-state index contributed by atoms with van der Waals surface area (Å²) in [7, 11) is 8.12. The highest BCUT2D eigenvalue weighted by Crippen LogP contribution is 2.26. The summed E-state index contributed by atoms with van der Waals surface area (Å²) in [6.45, 7) is 0. The fourth-order valence-corrected chi connectivity index (χ4v) is 3.34. The smallest absolute Gasteiger partial charge is 0.185 e. The van der Waals surface area contributed by atoms with E-state index in [1.54, 1.807) is 0 Å². The van der Waals surface area contributed by atoms with Crippen LogP contribution < -0.4 is 9.80 Å². The van der Waals surface area contributed by atoms with Crippen LogP contribution in [0.25, 0.3) is 12.2 Å². The zero-order chi connectivity index (χ0) is 21.5. The molecular formula is C27H30N2O. The SMILES string of the molecule is CN(C)c1ccc(C=CC=C2CCC(=CC=Cc3ccc(N(C)C)cc3)C2=O)cc1. The maximum atomic E-state index is 12.6. The molecule has 0 bridgehead atoms. The van der Waals surface area contributed by atoms with Gasteiger partial charge in [-0.1, -0.05) is 60.7 Å². The van der Waals surface area contributed by atoms with Crippen LogP contribution in [0.15, 0.2) is 84.0 Å². The lowest BCUT2D eigenvalue weighted by molar-refractivity contribution is -0.111. The number of carbonyl (C=O) groups is 1. The number of Topliss-reactive ketones (excluding diaryl/α,β-unsaturated/α-hetero) is 1. The van der Waals surface area contributed by atoms with Gasteiger partial charge in [-0.3, -0.25) is 4.79 Å². The molecular weight excluding hydrogens is 368 g/mol. The monoisotopic (exact) mass is 398 g/mol. The first-order chi connectivity index (χ1) is 14.4. The van der Waals surface area contributed by atoms with E-state index >= 15 is 0 Å². The van der Waals surface area contributed by atoms with Crippen LogP contribution in [0.5, 0.6) is 0 Å². The molecule has 1 aliphatic rings. The average molecular weight is 399 g/mol. The van der Waals surface area contributed by atoms with Crippen LogP contribution in [-0.4, -0.2) is 34.0 Å². The molecule has 154 valence electrons. The van der Waals surface area contributed by atoms with Gasteiger partial charge >= 0.3 is 0 Å². The van der Waals surface area contributed by atoms with Gasteiger partial charge in [0.2, 0.25) is 0 Å². The van der Waals surface area contributed by atoms with Crippen molar-refractivity contribution in [1.29, 1.82) is 0 Å². The summed E-state index contributed by atoms with van der Waals surface area (Å²) in [6, 6.07) is 16.7. The number of anilines is 2. The minimum absolute atomic E-state index is 0.162. The summed E-state index contributed by atoms with van der Waals surface area (Å²) in [6.07, 6.45) is 13.5. The molecule has 0 unspecified atom stereocenters. The summed E-state index contributed by atoms with van der Waals surface area (Å²) in [5.41, 5.74) is 6.36. The Morgan fingerprint density at radius 2 is 1.00 bits per heavy atom. The van der Waals surface area contributed by atoms with Crippen molar-refractivity contribution in [2.75, 3.05) is 38.0 Å². The van der Waals surface area contributed by atoms with E-state index in [9.17, 15) is 4.79 Å². The Morgan fingerprint density at radius 3 is 1.33 bits per heavy atom. The molecule has 0 N–H and O–H groups in total. The predicted octanol–water partition coefficient (Wildman–Crippen LogP) is 5.76. The van der Waals surface area contributed by atoms with Crippen molar-refractivity contribution < 1.29 is 4.79 Å². The Morgan fingerprint density at radius 1 is 0.633 bits per heavy atom. The van der Waals surface area contributed by atoms with Gasteiger partial charge in [-0.25, -0.2) is 0 Å². The van der Waals surface area contributed by atoms with Gasteiger partial charge < -0.3 is 9.80 Å². The van der Waals surface area contributed by atoms with Gasteiger partial charge in [-0.15, -0.1) is 0 Å². The van der Waals surface area contributed by atoms with E-state index in [4.69, 9.17) is 0 Å². The number of ketones is 1. The normalized spacial score (nSPS) is 17.0. The van der Waals surface area contributed by atoms with E-state index in [-0.39, 0.29) is 5.78 Å². The van der Waals surface area contributed by atoms with E-state index in [0.29, 0.717) is 0 Å². The summed E-state index contributed by atoms with van der Waals surface area (Å²) in [5, 5.41) is 0. The average Bonchev–Trinajstić information content (AvgIpc) is 3.08. The Hall–Kier alpha value is -3.33. The van der Waals surface area contributed by atoms with E-state index < -0.39 is 0 Å². The Balaban J connectivity index is 1.60. The van der Waals surface area contributed by atoms with E-state index in [1.165, 1.54) is 11.4 Å². The quantitative estimate of drug-likeness (QED) is 0.578. The molecule has 30 heavy (non-hydrogen) atoms. The lowest BCUT2D eigenvalue weighted by atomic mass is 10.1. The number of benzene rings is 2. The highest BCUT2D eigenvalue weighted by Gasteiger charge is 2.21. The number of allylic oxidation sites excluding steroid dienone is 6. The second-order valence-corrected chi connectivity index (χ2v) is 7.90. The zero-order valence-electron chi connectivity index (χ0n) is 18.3. The van der Waals surface area contributed by atoms with Crippen molar-refractivity contribution in [2.24, 2.45) is 0 Å². The standard InChI is InChI=1S/C27H30N2O/c1-28(2)25-17-11-21(12-18-25)7-5-9-23-15-16-24(27(23)30)10-6-8-22-13-19-26(20-14-22)29(3)4/h5-14,17-20H,15-16H2,1-4H3. The lowest BCUT2D eigenvalue weighted by Gasteiger charge is -2.11. The molecule has 0 aliphatic heterocycles. The highest BCUT2D eigenvalue weighted by atomic mass is 16.1. The molecule has 2 aromatic carbocycles. The second kappa shape index (κ2) is 9.93. The first-order valence-corrected chi connectivity index (χ1v) is 10.3. The third-order valence-electron chi connectivity index (χ3n) is 5.24. The van der Waals surface area contributed by atoms with Crippen LogP contribution in [0, 0.1) is 0 Å². The minimum Gasteiger partial charge on any atom is -0.378 e. The van der Waals surface area contributed by atoms with Gasteiger partial charge in [0.25, 0.3) is 0 Å². The van der Waals surface area contributed by atoms with Crippen molar-refractivity contribution in [3.05, 3.63) is 95.1 Å². The summed E-state index contributed by atoms with van der Waals surface area (Å²) in [5.74, 6) is 0.162. The maximum Gasteiger partial charge on any atom is 0.185 e. The summed E-state index contributed by atoms with van der Waals surface area (Å²) in [4.78, 5) is 16.8. The van der Waals surface area contributed by atoms with E-state index in [0.717, 1.165) is 35.1 Å². The van der Waals surface area contributed by atoms with E-state index in [1.807, 2.05) is 64.6 Å². The highest BCUT2D eigenvalue weighted by molar-refractivity contribution is 6.11. The molecule has 0 amide bonds. The minimum atomic E-state index is 0.162. The number of hydrogen-bond donors (Lipinski definition) is 0. The first kappa shape index (κ1) is 21.4. The molecule has 3 heteroatoms. The number of carbonyl (C=O) groups excluding carboxylic acids is 1. The summed E-state index contributed by atoms with van der Waals surface area (Å²) < 4.78 is 0. The molecule has 0 saturated heterocycles. The third kappa shape index (κ3) is 5.60. The molecule has 3 nitrogen and oxygen atoms in total. The van der Waals surface area contributed by atoms with Gasteiger partial charge in [-0.05, 0) is 48.2 Å². The molecule has 0 aromatic heterocycles. The first-order valence-electron chi connectivity index (χ1n) is 10.3. The van der Waals surface area contributed by atoms with E-state index in [2.05, 4.69) is 58.3 Å². The third-order valence-corrected chi connectivity index (χ3v) is 5.24. The second-order valence-electron chi connectivity index (χ2n) is 7.90. The fourth-order valence-electron chi connectivity index (χ4n) is 3.34. The van der Waals surface area contributed by atoms with Crippen molar-refractivity contribution in [2.45, 2.75) is 12.8 Å². The number of nitrogens with zero attached hydrogens (tertiary/aromatic N) is 2. The van der Waals surface area contributed by atoms with Gasteiger partial charge in [0.15, 0.2) is 5.78 Å². The largest absolute Gasteiger partial charge is 0.378 e. The number of hydrogen-bond acceptors (Lipinski definition) is 3. The van der Waals surface area contributed by atoms with Crippen molar-refractivity contribution in [1.82, 2.24) is 0 Å². The van der Waals surface area contributed by atoms with Crippen molar-refractivity contribution in [3.63, 3.8) is 0 Å². The number of rotatable bonds is 6. The van der Waals surface area contributed by atoms with Gasteiger partial charge in [0.05, 0.1) is 0 Å². The molecule has 0 spiro atoms. The zero-order valence-corrected chi connectivity index (χ0v) is 18.3. The molecule has 3 rings (SSSR count).